The van der Waals surface area contributed by atoms with Crippen LogP contribution in [0.1, 0.15) is 39.5 Å². The number of ether oxygens (including phenoxy) is 2. The molecule has 1 rings (SSSR count). The van der Waals surface area contributed by atoms with E-state index in [1.165, 1.54) is 0 Å². The quantitative estimate of drug-likeness (QED) is 0.665. The molecule has 1 aromatic carbocycles. The van der Waals surface area contributed by atoms with Crippen LogP contribution in [0, 0.1) is 5.92 Å². The fourth-order valence-corrected chi connectivity index (χ4v) is 1.81. The lowest BCUT2D eigenvalue weighted by Gasteiger charge is -2.12. The van der Waals surface area contributed by atoms with Crippen molar-refractivity contribution in [3.8, 4) is 5.75 Å². The third-order valence-corrected chi connectivity index (χ3v) is 3.15. The molecular weight excluding hydrogens is 284 g/mol. The van der Waals surface area contributed by atoms with E-state index in [0.717, 1.165) is 25.7 Å². The Morgan fingerprint density at radius 1 is 1.09 bits per heavy atom. The van der Waals surface area contributed by atoms with Gasteiger partial charge in [-0.05, 0) is 24.5 Å². The van der Waals surface area contributed by atoms with Crippen LogP contribution in [0.4, 0.5) is 9.59 Å². The lowest BCUT2D eigenvalue weighted by atomic mass is 10.0. The first kappa shape index (κ1) is 17.8. The smallest absolute Gasteiger partial charge is 0.447 e. The molecule has 0 fully saturated rings. The molecule has 0 aliphatic rings. The van der Waals surface area contributed by atoms with E-state index in [0.29, 0.717) is 18.3 Å². The number of para-hydroxylation sites is 1. The molecule has 0 N–H and O–H groups in total. The average molecular weight is 306 g/mol. The largest absolute Gasteiger partial charge is 0.458 e. The molecule has 0 aliphatic carbocycles. The number of carbonyl (C=O) groups is 2. The highest BCUT2D eigenvalue weighted by Gasteiger charge is 2.10. The van der Waals surface area contributed by atoms with Gasteiger partial charge in [0.05, 0.1) is 6.61 Å². The zero-order valence-corrected chi connectivity index (χ0v) is 13.0. The van der Waals surface area contributed by atoms with Crippen LogP contribution >= 0.6 is 0 Å². The van der Waals surface area contributed by atoms with Crippen molar-refractivity contribution in [2.75, 3.05) is 6.61 Å². The van der Waals surface area contributed by atoms with E-state index in [4.69, 9.17) is 9.47 Å². The van der Waals surface area contributed by atoms with Crippen molar-refractivity contribution in [2.24, 2.45) is 16.1 Å². The molecule has 0 heterocycles. The van der Waals surface area contributed by atoms with Gasteiger partial charge in [0.15, 0.2) is 0 Å². The minimum atomic E-state index is -0.957. The van der Waals surface area contributed by atoms with Gasteiger partial charge in [-0.15, -0.1) is 0 Å². The van der Waals surface area contributed by atoms with E-state index >= 15 is 0 Å². The van der Waals surface area contributed by atoms with Crippen molar-refractivity contribution in [1.82, 2.24) is 0 Å². The van der Waals surface area contributed by atoms with Crippen LogP contribution < -0.4 is 4.74 Å². The molecule has 120 valence electrons. The summed E-state index contributed by atoms with van der Waals surface area (Å²) in [7, 11) is 0. The number of benzene rings is 1. The molecule has 2 amide bonds. The summed E-state index contributed by atoms with van der Waals surface area (Å²) in [5, 5.41) is 6.37. The summed E-state index contributed by atoms with van der Waals surface area (Å²) in [6.07, 6.45) is 2.31. The maximum atomic E-state index is 11.4. The Morgan fingerprint density at radius 3 is 2.41 bits per heavy atom. The first-order valence-corrected chi connectivity index (χ1v) is 7.51. The van der Waals surface area contributed by atoms with Crippen LogP contribution in [-0.2, 0) is 4.74 Å². The molecule has 0 saturated carbocycles. The van der Waals surface area contributed by atoms with Crippen LogP contribution in [0.25, 0.3) is 0 Å². The van der Waals surface area contributed by atoms with Crippen molar-refractivity contribution in [2.45, 2.75) is 39.5 Å². The van der Waals surface area contributed by atoms with Crippen LogP contribution in [-0.4, -0.2) is 18.8 Å². The summed E-state index contributed by atoms with van der Waals surface area (Å²) in [5.41, 5.74) is 0. The molecule has 1 atom stereocenters. The summed E-state index contributed by atoms with van der Waals surface area (Å²) in [5.74, 6) is 0.654. The Morgan fingerprint density at radius 2 is 1.77 bits per heavy atom. The molecule has 6 nitrogen and oxygen atoms in total. The van der Waals surface area contributed by atoms with E-state index in [2.05, 4.69) is 17.2 Å². The summed E-state index contributed by atoms with van der Waals surface area (Å²) < 4.78 is 9.84. The number of hydrogen-bond acceptors (Lipinski definition) is 4. The molecule has 0 aromatic heterocycles. The van der Waals surface area contributed by atoms with Gasteiger partial charge < -0.3 is 9.47 Å². The summed E-state index contributed by atoms with van der Waals surface area (Å²) in [6, 6.07) is 8.43. The Bertz CT molecular complexity index is 488. The minimum Gasteiger partial charge on any atom is -0.447 e. The van der Waals surface area contributed by atoms with Gasteiger partial charge in [0.25, 0.3) is 0 Å². The normalized spacial score (nSPS) is 12.1. The molecule has 0 aliphatic heterocycles. The standard InChI is InChI=1S/C16H22N2O4/c1-3-5-9-13(4-2)12-21-15(19)17-18-16(20)22-14-10-7-6-8-11-14/h6-8,10-11,13H,3-5,9,12H2,1-2H3/b18-17+. The Kier molecular flexibility index (Phi) is 8.49. The van der Waals surface area contributed by atoms with Crippen LogP contribution in [0.2, 0.25) is 0 Å². The first-order chi connectivity index (χ1) is 10.7. The number of rotatable bonds is 7. The molecule has 0 spiro atoms. The molecular formula is C16H22N2O4. The summed E-state index contributed by atoms with van der Waals surface area (Å²) in [6.45, 7) is 4.46. The Balaban J connectivity index is 2.32. The highest BCUT2D eigenvalue weighted by Crippen LogP contribution is 2.13. The maximum absolute atomic E-state index is 11.4. The second-order valence-electron chi connectivity index (χ2n) is 4.87. The first-order valence-electron chi connectivity index (χ1n) is 7.51. The number of azo groups is 1. The zero-order chi connectivity index (χ0) is 16.2. The Labute approximate surface area is 130 Å². The van der Waals surface area contributed by atoms with Gasteiger partial charge in [-0.1, -0.05) is 61.5 Å². The van der Waals surface area contributed by atoms with Crippen molar-refractivity contribution in [3.05, 3.63) is 30.3 Å². The zero-order valence-electron chi connectivity index (χ0n) is 13.0. The highest BCUT2D eigenvalue weighted by molar-refractivity contribution is 5.74. The van der Waals surface area contributed by atoms with Gasteiger partial charge in [0, 0.05) is 0 Å². The number of amides is 2. The lowest BCUT2D eigenvalue weighted by Crippen LogP contribution is -2.11. The number of unbranched alkanes of at least 4 members (excludes halogenated alkanes) is 1. The molecule has 22 heavy (non-hydrogen) atoms. The SMILES string of the molecule is CCCCC(CC)COC(=O)/N=N/C(=O)Oc1ccccc1. The van der Waals surface area contributed by atoms with Gasteiger partial charge in [0.1, 0.15) is 5.75 Å². The number of nitrogens with zero attached hydrogens (tertiary/aromatic N) is 2. The van der Waals surface area contributed by atoms with Gasteiger partial charge in [-0.25, -0.2) is 9.59 Å². The number of carbonyl (C=O) groups excluding carboxylic acids is 2. The van der Waals surface area contributed by atoms with Crippen molar-refractivity contribution in [3.63, 3.8) is 0 Å². The van der Waals surface area contributed by atoms with Crippen LogP contribution in [0.15, 0.2) is 40.6 Å². The summed E-state index contributed by atoms with van der Waals surface area (Å²) in [4.78, 5) is 22.8. The van der Waals surface area contributed by atoms with Crippen molar-refractivity contribution in [1.29, 1.82) is 0 Å². The molecule has 1 unspecified atom stereocenters. The van der Waals surface area contributed by atoms with Crippen molar-refractivity contribution >= 4 is 12.2 Å². The third kappa shape index (κ3) is 7.52. The maximum Gasteiger partial charge on any atom is 0.458 e. The second kappa shape index (κ2) is 10.5. The van der Waals surface area contributed by atoms with E-state index in [-0.39, 0.29) is 0 Å². The molecule has 0 saturated heterocycles. The van der Waals surface area contributed by atoms with Gasteiger partial charge in [-0.3, -0.25) is 0 Å². The molecule has 6 heteroatoms. The molecule has 0 bridgehead atoms. The fourth-order valence-electron chi connectivity index (χ4n) is 1.81. The number of hydrogen-bond donors (Lipinski definition) is 0. The predicted octanol–water partition coefficient (Wildman–Crippen LogP) is 4.99. The highest BCUT2D eigenvalue weighted by atomic mass is 16.6. The average Bonchev–Trinajstić information content (AvgIpc) is 2.54. The molecule has 0 radical (unpaired) electrons. The van der Waals surface area contributed by atoms with E-state index < -0.39 is 12.2 Å². The van der Waals surface area contributed by atoms with Gasteiger partial charge >= 0.3 is 12.2 Å². The Hall–Kier alpha value is -2.24. The van der Waals surface area contributed by atoms with Crippen LogP contribution in [0.3, 0.4) is 0 Å². The van der Waals surface area contributed by atoms with Gasteiger partial charge in [-0.2, -0.15) is 0 Å². The fraction of sp³-hybridized carbons (Fsp3) is 0.500. The second-order valence-corrected chi connectivity index (χ2v) is 4.87. The monoisotopic (exact) mass is 306 g/mol. The van der Waals surface area contributed by atoms with Crippen LogP contribution in [0.5, 0.6) is 5.75 Å². The van der Waals surface area contributed by atoms with E-state index in [1.54, 1.807) is 30.3 Å². The topological polar surface area (TPSA) is 77.3 Å². The lowest BCUT2D eigenvalue weighted by molar-refractivity contribution is 0.130. The van der Waals surface area contributed by atoms with Gasteiger partial charge in [0.2, 0.25) is 0 Å². The summed E-state index contributed by atoms with van der Waals surface area (Å²) >= 11 is 0. The third-order valence-electron chi connectivity index (χ3n) is 3.15. The van der Waals surface area contributed by atoms with Crippen molar-refractivity contribution < 1.29 is 19.1 Å². The minimum absolute atomic E-state index is 0.294. The van der Waals surface area contributed by atoms with E-state index in [1.807, 2.05) is 6.92 Å². The van der Waals surface area contributed by atoms with E-state index in [9.17, 15) is 9.59 Å². The molecule has 1 aromatic rings. The predicted molar refractivity (Wildman–Crippen MR) is 82.0 cm³/mol.